The van der Waals surface area contributed by atoms with E-state index in [-0.39, 0.29) is 17.7 Å². The molecule has 2 aromatic carbocycles. The number of amides is 1. The molecular formula is C21H18F4N2O3. The summed E-state index contributed by atoms with van der Waals surface area (Å²) in [6.07, 6.45) is -3.77. The lowest BCUT2D eigenvalue weighted by atomic mass is 10.1. The zero-order chi connectivity index (χ0) is 22.1. The lowest BCUT2D eigenvalue weighted by Crippen LogP contribution is -2.25. The first-order valence-corrected chi connectivity index (χ1v) is 9.02. The molecule has 1 atom stereocenters. The highest BCUT2D eigenvalue weighted by atomic mass is 19.4. The first-order valence-electron chi connectivity index (χ1n) is 9.02. The van der Waals surface area contributed by atoms with Crippen LogP contribution in [0.1, 0.15) is 24.1 Å². The van der Waals surface area contributed by atoms with Crippen molar-refractivity contribution in [2.24, 2.45) is 0 Å². The van der Waals surface area contributed by atoms with Gasteiger partial charge in [0.1, 0.15) is 5.82 Å². The number of pyridine rings is 1. The van der Waals surface area contributed by atoms with Crippen LogP contribution in [0.25, 0.3) is 10.8 Å². The molecule has 0 aliphatic carbocycles. The number of aliphatic hydroxyl groups excluding tert-OH is 1. The predicted octanol–water partition coefficient (Wildman–Crippen LogP) is 3.89. The van der Waals surface area contributed by atoms with E-state index in [2.05, 4.69) is 5.32 Å². The average molecular weight is 422 g/mol. The molecule has 0 bridgehead atoms. The van der Waals surface area contributed by atoms with Crippen LogP contribution in [0.3, 0.4) is 0 Å². The van der Waals surface area contributed by atoms with Crippen LogP contribution in [0.4, 0.5) is 23.2 Å². The van der Waals surface area contributed by atoms with Gasteiger partial charge in [0.2, 0.25) is 5.91 Å². The van der Waals surface area contributed by atoms with Crippen molar-refractivity contribution in [2.45, 2.75) is 25.6 Å². The van der Waals surface area contributed by atoms with E-state index in [1.807, 2.05) is 0 Å². The molecule has 3 aromatic rings. The number of fused-ring (bicyclic) bond motifs is 1. The standard InChI is InChI=1S/C21H18F4N2O3/c1-12(11-28)27-8-7-14-15(20(27)30)3-2-4-18(14)26-19(29)10-13-5-6-17(22)16(9-13)21(23,24)25/h2-9,12,28H,10-11H2,1H3,(H,26,29). The second-order valence-electron chi connectivity index (χ2n) is 6.86. The summed E-state index contributed by atoms with van der Waals surface area (Å²) in [6, 6.07) is 8.27. The predicted molar refractivity (Wildman–Crippen MR) is 104 cm³/mol. The van der Waals surface area contributed by atoms with Crippen LogP contribution in [0.2, 0.25) is 0 Å². The van der Waals surface area contributed by atoms with E-state index in [9.17, 15) is 32.3 Å². The molecule has 0 aliphatic heterocycles. The Morgan fingerprint density at radius 2 is 1.90 bits per heavy atom. The minimum atomic E-state index is -4.86. The second-order valence-corrected chi connectivity index (χ2v) is 6.86. The van der Waals surface area contributed by atoms with Gasteiger partial charge in [0.15, 0.2) is 0 Å². The Labute approximate surface area is 168 Å². The van der Waals surface area contributed by atoms with Crippen LogP contribution in [0.5, 0.6) is 0 Å². The highest BCUT2D eigenvalue weighted by Gasteiger charge is 2.34. The fourth-order valence-corrected chi connectivity index (χ4v) is 3.12. The Balaban J connectivity index is 1.87. The number of anilines is 1. The third kappa shape index (κ3) is 4.35. The van der Waals surface area contributed by atoms with Gasteiger partial charge in [-0.2, -0.15) is 13.2 Å². The number of hydrogen-bond donors (Lipinski definition) is 2. The van der Waals surface area contributed by atoms with Crippen LogP contribution in [0.15, 0.2) is 53.5 Å². The zero-order valence-electron chi connectivity index (χ0n) is 15.8. The minimum Gasteiger partial charge on any atom is -0.394 e. The number of benzene rings is 2. The molecule has 1 aromatic heterocycles. The van der Waals surface area contributed by atoms with Crippen LogP contribution in [-0.2, 0) is 17.4 Å². The van der Waals surface area contributed by atoms with E-state index in [1.54, 1.807) is 31.2 Å². The number of carbonyl (C=O) groups excluding carboxylic acids is 1. The molecule has 0 saturated carbocycles. The molecule has 1 heterocycles. The summed E-state index contributed by atoms with van der Waals surface area (Å²) >= 11 is 0. The van der Waals surface area contributed by atoms with Gasteiger partial charge >= 0.3 is 6.18 Å². The van der Waals surface area contributed by atoms with E-state index in [4.69, 9.17) is 0 Å². The average Bonchev–Trinajstić information content (AvgIpc) is 2.69. The molecule has 30 heavy (non-hydrogen) atoms. The second kappa shape index (κ2) is 8.27. The Morgan fingerprint density at radius 3 is 2.57 bits per heavy atom. The number of hydrogen-bond acceptors (Lipinski definition) is 3. The smallest absolute Gasteiger partial charge is 0.394 e. The molecule has 1 amide bonds. The van der Waals surface area contributed by atoms with Crippen LogP contribution in [0, 0.1) is 5.82 Å². The van der Waals surface area contributed by atoms with Crippen molar-refractivity contribution in [3.8, 4) is 0 Å². The SMILES string of the molecule is CC(CO)n1ccc2c(NC(=O)Cc3ccc(F)c(C(F)(F)F)c3)cccc2c1=O. The van der Waals surface area contributed by atoms with Gasteiger partial charge in [-0.25, -0.2) is 4.39 Å². The number of aromatic nitrogens is 1. The maximum atomic E-state index is 13.4. The monoisotopic (exact) mass is 422 g/mol. The third-order valence-corrected chi connectivity index (χ3v) is 4.69. The number of nitrogens with one attached hydrogen (secondary N) is 1. The third-order valence-electron chi connectivity index (χ3n) is 4.69. The number of rotatable bonds is 5. The van der Waals surface area contributed by atoms with Gasteiger partial charge in [-0.05, 0) is 42.8 Å². The van der Waals surface area contributed by atoms with Crippen LogP contribution in [-0.4, -0.2) is 22.2 Å². The van der Waals surface area contributed by atoms with Crippen molar-refractivity contribution in [3.63, 3.8) is 0 Å². The van der Waals surface area contributed by atoms with Gasteiger partial charge < -0.3 is 15.0 Å². The van der Waals surface area contributed by atoms with Crippen molar-refractivity contribution >= 4 is 22.4 Å². The molecule has 9 heteroatoms. The fraction of sp³-hybridized carbons (Fsp3) is 0.238. The summed E-state index contributed by atoms with van der Waals surface area (Å²) in [5.74, 6) is -2.02. The van der Waals surface area contributed by atoms with Crippen LogP contribution < -0.4 is 10.9 Å². The molecule has 0 saturated heterocycles. The van der Waals surface area contributed by atoms with E-state index in [0.29, 0.717) is 28.6 Å². The molecule has 1 unspecified atom stereocenters. The maximum Gasteiger partial charge on any atom is 0.419 e. The molecule has 5 nitrogen and oxygen atoms in total. The van der Waals surface area contributed by atoms with E-state index in [0.717, 1.165) is 6.07 Å². The minimum absolute atomic E-state index is 0.000544. The van der Waals surface area contributed by atoms with Crippen molar-refractivity contribution < 1.29 is 27.5 Å². The maximum absolute atomic E-state index is 13.4. The molecule has 3 rings (SSSR count). The highest BCUT2D eigenvalue weighted by Crippen LogP contribution is 2.32. The number of halogens is 4. The van der Waals surface area contributed by atoms with E-state index >= 15 is 0 Å². The summed E-state index contributed by atoms with van der Waals surface area (Å²) in [4.78, 5) is 25.0. The quantitative estimate of drug-likeness (QED) is 0.613. The molecular weight excluding hydrogens is 404 g/mol. The Bertz CT molecular complexity index is 1160. The van der Waals surface area contributed by atoms with Crippen molar-refractivity contribution in [3.05, 3.63) is 76.0 Å². The first-order chi connectivity index (χ1) is 14.1. The van der Waals surface area contributed by atoms with Gasteiger partial charge in [-0.15, -0.1) is 0 Å². The number of nitrogens with zero attached hydrogens (tertiary/aromatic N) is 1. The molecule has 2 N–H and O–H groups in total. The van der Waals surface area contributed by atoms with Crippen molar-refractivity contribution in [2.75, 3.05) is 11.9 Å². The van der Waals surface area contributed by atoms with Gasteiger partial charge in [0.05, 0.1) is 24.6 Å². The van der Waals surface area contributed by atoms with E-state index in [1.165, 1.54) is 10.8 Å². The number of aliphatic hydroxyl groups is 1. The lowest BCUT2D eigenvalue weighted by Gasteiger charge is -2.15. The van der Waals surface area contributed by atoms with Crippen LogP contribution >= 0.6 is 0 Å². The van der Waals surface area contributed by atoms with Crippen molar-refractivity contribution in [1.29, 1.82) is 0 Å². The van der Waals surface area contributed by atoms with Gasteiger partial charge in [-0.1, -0.05) is 12.1 Å². The Kier molecular flexibility index (Phi) is 5.93. The largest absolute Gasteiger partial charge is 0.419 e. The molecule has 0 spiro atoms. The van der Waals surface area contributed by atoms with Gasteiger partial charge in [0.25, 0.3) is 5.56 Å². The first kappa shape index (κ1) is 21.5. The van der Waals surface area contributed by atoms with Crippen molar-refractivity contribution in [1.82, 2.24) is 4.57 Å². The summed E-state index contributed by atoms with van der Waals surface area (Å²) in [7, 11) is 0. The summed E-state index contributed by atoms with van der Waals surface area (Å²) < 4.78 is 53.3. The molecule has 0 aliphatic rings. The number of alkyl halides is 3. The normalized spacial score (nSPS) is 12.7. The summed E-state index contributed by atoms with van der Waals surface area (Å²) in [5, 5.41) is 12.6. The summed E-state index contributed by atoms with van der Waals surface area (Å²) in [6.45, 7) is 1.45. The molecule has 158 valence electrons. The van der Waals surface area contributed by atoms with Gasteiger partial charge in [0, 0.05) is 22.7 Å². The highest BCUT2D eigenvalue weighted by molar-refractivity contribution is 6.02. The Hall–Kier alpha value is -3.20. The lowest BCUT2D eigenvalue weighted by molar-refractivity contribution is -0.140. The van der Waals surface area contributed by atoms with E-state index < -0.39 is 35.9 Å². The topological polar surface area (TPSA) is 71.3 Å². The fourth-order valence-electron chi connectivity index (χ4n) is 3.12. The van der Waals surface area contributed by atoms with Gasteiger partial charge in [-0.3, -0.25) is 9.59 Å². The number of carbonyl (C=O) groups is 1. The molecule has 0 radical (unpaired) electrons. The Morgan fingerprint density at radius 1 is 1.17 bits per heavy atom. The zero-order valence-corrected chi connectivity index (χ0v) is 15.8. The summed E-state index contributed by atoms with van der Waals surface area (Å²) in [5.41, 5.74) is -1.47. The molecule has 0 fully saturated rings.